The molecule has 0 aliphatic rings. The second-order valence-electron chi connectivity index (χ2n) is 7.43. The highest BCUT2D eigenvalue weighted by Gasteiger charge is 2.24. The lowest BCUT2D eigenvalue weighted by Crippen LogP contribution is -2.41. The summed E-state index contributed by atoms with van der Waals surface area (Å²) in [6.45, 7) is 5.19. The normalized spacial score (nSPS) is 13.0. The van der Waals surface area contributed by atoms with Gasteiger partial charge in [-0.2, -0.15) is 0 Å². The Bertz CT molecular complexity index is 1120. The van der Waals surface area contributed by atoms with Crippen LogP contribution in [0.3, 0.4) is 0 Å². The third-order valence-electron chi connectivity index (χ3n) is 4.77. The van der Waals surface area contributed by atoms with Gasteiger partial charge in [0.05, 0.1) is 22.9 Å². The molecule has 9 heteroatoms. The number of carbonyl (C=O) groups is 1. The van der Waals surface area contributed by atoms with E-state index in [2.05, 4.69) is 5.32 Å². The van der Waals surface area contributed by atoms with E-state index in [1.807, 2.05) is 26.0 Å². The van der Waals surface area contributed by atoms with Gasteiger partial charge < -0.3 is 5.32 Å². The number of nitrogens with one attached hydrogen (secondary N) is 1. The fraction of sp³-hybridized carbons (Fsp3) is 0.381. The summed E-state index contributed by atoms with van der Waals surface area (Å²) < 4.78 is 49.1. The smallest absolute Gasteiger partial charge is 0.241 e. The molecule has 0 saturated carbocycles. The zero-order chi connectivity index (χ0) is 22.7. The van der Waals surface area contributed by atoms with Crippen LogP contribution in [0.1, 0.15) is 36.1 Å². The fourth-order valence-electron chi connectivity index (χ4n) is 3.11. The SMILES string of the molecule is CCC(NC(=O)CN(c1cc(C)ccc1C)S(C)(=O)=O)c1ccc(S(C)(=O)=O)cc1. The van der Waals surface area contributed by atoms with Crippen LogP contribution >= 0.6 is 0 Å². The van der Waals surface area contributed by atoms with Crippen molar-refractivity contribution >= 4 is 31.5 Å². The van der Waals surface area contributed by atoms with Crippen LogP contribution in [0.4, 0.5) is 5.69 Å². The zero-order valence-electron chi connectivity index (χ0n) is 17.8. The molecule has 0 aliphatic carbocycles. The van der Waals surface area contributed by atoms with Crippen LogP contribution < -0.4 is 9.62 Å². The Kier molecular flexibility index (Phi) is 7.31. The highest BCUT2D eigenvalue weighted by Crippen LogP contribution is 2.24. The third-order valence-corrected chi connectivity index (χ3v) is 7.03. The average Bonchev–Trinajstić information content (AvgIpc) is 2.65. The molecule has 1 atom stereocenters. The molecule has 0 bridgehead atoms. The summed E-state index contributed by atoms with van der Waals surface area (Å²) in [5, 5.41) is 2.85. The van der Waals surface area contributed by atoms with Crippen LogP contribution in [-0.2, 0) is 24.7 Å². The maximum atomic E-state index is 12.7. The molecule has 0 saturated heterocycles. The number of amides is 1. The van der Waals surface area contributed by atoms with Crippen molar-refractivity contribution in [3.05, 3.63) is 59.2 Å². The van der Waals surface area contributed by atoms with Crippen LogP contribution in [0.5, 0.6) is 0 Å². The van der Waals surface area contributed by atoms with E-state index in [4.69, 9.17) is 0 Å². The van der Waals surface area contributed by atoms with Crippen LogP contribution in [0, 0.1) is 13.8 Å². The lowest BCUT2D eigenvalue weighted by Gasteiger charge is -2.25. The molecule has 0 aliphatic heterocycles. The summed E-state index contributed by atoms with van der Waals surface area (Å²) in [5.74, 6) is -0.444. The van der Waals surface area contributed by atoms with Gasteiger partial charge in [0.1, 0.15) is 6.54 Å². The molecule has 1 amide bonds. The van der Waals surface area contributed by atoms with Crippen LogP contribution in [0.2, 0.25) is 0 Å². The standard InChI is InChI=1S/C21H28N2O5S2/c1-6-19(17-9-11-18(12-10-17)29(4,25)26)22-21(24)14-23(30(5,27)28)20-13-15(2)7-8-16(20)3/h7-13,19H,6,14H2,1-5H3,(H,22,24). The molecule has 2 rings (SSSR count). The van der Waals surface area contributed by atoms with Crippen molar-refractivity contribution in [1.82, 2.24) is 5.32 Å². The number of anilines is 1. The molecule has 0 aromatic heterocycles. The lowest BCUT2D eigenvalue weighted by atomic mass is 10.0. The van der Waals surface area contributed by atoms with Gasteiger partial charge in [-0.25, -0.2) is 16.8 Å². The van der Waals surface area contributed by atoms with Gasteiger partial charge in [0.2, 0.25) is 15.9 Å². The van der Waals surface area contributed by atoms with Gasteiger partial charge in [-0.1, -0.05) is 31.2 Å². The minimum Gasteiger partial charge on any atom is -0.348 e. The van der Waals surface area contributed by atoms with Crippen molar-refractivity contribution in [2.24, 2.45) is 0 Å². The average molecular weight is 453 g/mol. The van der Waals surface area contributed by atoms with Gasteiger partial charge >= 0.3 is 0 Å². The third kappa shape index (κ3) is 6.06. The van der Waals surface area contributed by atoms with Gasteiger partial charge in [-0.15, -0.1) is 0 Å². The molecule has 1 unspecified atom stereocenters. The van der Waals surface area contributed by atoms with E-state index in [0.717, 1.165) is 33.5 Å². The molecule has 0 fully saturated rings. The maximum Gasteiger partial charge on any atom is 0.241 e. The molecular formula is C21H28N2O5S2. The molecular weight excluding hydrogens is 424 g/mol. The number of carbonyl (C=O) groups excluding carboxylic acids is 1. The summed E-state index contributed by atoms with van der Waals surface area (Å²) in [4.78, 5) is 12.9. The van der Waals surface area contributed by atoms with Crippen LogP contribution in [-0.4, -0.2) is 41.8 Å². The first-order chi connectivity index (χ1) is 13.8. The molecule has 0 spiro atoms. The second-order valence-corrected chi connectivity index (χ2v) is 11.4. The number of hydrogen-bond donors (Lipinski definition) is 1. The molecule has 2 aromatic carbocycles. The summed E-state index contributed by atoms with van der Waals surface area (Å²) in [5.41, 5.74) is 2.86. The van der Waals surface area contributed by atoms with Gasteiger partial charge in [0.25, 0.3) is 0 Å². The van der Waals surface area contributed by atoms with Crippen molar-refractivity contribution in [1.29, 1.82) is 0 Å². The Labute approximate surface area is 179 Å². The first-order valence-electron chi connectivity index (χ1n) is 9.47. The zero-order valence-corrected chi connectivity index (χ0v) is 19.5. The number of benzene rings is 2. The highest BCUT2D eigenvalue weighted by atomic mass is 32.2. The minimum atomic E-state index is -3.68. The Balaban J connectivity index is 2.24. The molecule has 2 aromatic rings. The molecule has 30 heavy (non-hydrogen) atoms. The van der Waals surface area contributed by atoms with E-state index in [1.165, 1.54) is 12.1 Å². The quantitative estimate of drug-likeness (QED) is 0.664. The summed E-state index contributed by atoms with van der Waals surface area (Å²) in [6.07, 6.45) is 2.77. The molecule has 7 nitrogen and oxygen atoms in total. The number of rotatable bonds is 8. The number of aryl methyl sites for hydroxylation is 2. The van der Waals surface area contributed by atoms with Crippen LogP contribution in [0.25, 0.3) is 0 Å². The molecule has 0 heterocycles. The number of sulfonamides is 1. The molecule has 0 radical (unpaired) electrons. The van der Waals surface area contributed by atoms with Crippen molar-refractivity contribution in [2.75, 3.05) is 23.4 Å². The highest BCUT2D eigenvalue weighted by molar-refractivity contribution is 7.92. The number of sulfone groups is 1. The number of hydrogen-bond acceptors (Lipinski definition) is 5. The van der Waals surface area contributed by atoms with Crippen molar-refractivity contribution < 1.29 is 21.6 Å². The maximum absolute atomic E-state index is 12.7. The Morgan fingerprint density at radius 2 is 1.60 bits per heavy atom. The topological polar surface area (TPSA) is 101 Å². The van der Waals surface area contributed by atoms with E-state index in [1.54, 1.807) is 25.1 Å². The van der Waals surface area contributed by atoms with Gasteiger partial charge in [0, 0.05) is 6.26 Å². The number of nitrogens with zero attached hydrogens (tertiary/aromatic N) is 1. The van der Waals surface area contributed by atoms with E-state index in [-0.39, 0.29) is 17.5 Å². The van der Waals surface area contributed by atoms with E-state index in [9.17, 15) is 21.6 Å². The first-order valence-corrected chi connectivity index (χ1v) is 13.2. The summed E-state index contributed by atoms with van der Waals surface area (Å²) in [7, 11) is -6.98. The van der Waals surface area contributed by atoms with E-state index >= 15 is 0 Å². The predicted molar refractivity (Wildman–Crippen MR) is 119 cm³/mol. The van der Waals surface area contributed by atoms with E-state index in [0.29, 0.717) is 12.1 Å². The van der Waals surface area contributed by atoms with Gasteiger partial charge in [-0.05, 0) is 55.2 Å². The van der Waals surface area contributed by atoms with E-state index < -0.39 is 25.8 Å². The Hall–Kier alpha value is -2.39. The summed E-state index contributed by atoms with van der Waals surface area (Å²) >= 11 is 0. The first kappa shape index (κ1) is 23.9. The van der Waals surface area contributed by atoms with Gasteiger partial charge in [0.15, 0.2) is 9.84 Å². The second kappa shape index (κ2) is 9.18. The summed E-state index contributed by atoms with van der Waals surface area (Å²) in [6, 6.07) is 11.4. The van der Waals surface area contributed by atoms with Crippen molar-refractivity contribution in [3.8, 4) is 0 Å². The predicted octanol–water partition coefficient (Wildman–Crippen LogP) is 2.74. The fourth-order valence-corrected chi connectivity index (χ4v) is 4.64. The molecule has 164 valence electrons. The van der Waals surface area contributed by atoms with Crippen molar-refractivity contribution in [2.45, 2.75) is 38.1 Å². The Morgan fingerprint density at radius 1 is 1.00 bits per heavy atom. The Morgan fingerprint density at radius 3 is 2.10 bits per heavy atom. The van der Waals surface area contributed by atoms with Crippen LogP contribution in [0.15, 0.2) is 47.4 Å². The minimum absolute atomic E-state index is 0.200. The lowest BCUT2D eigenvalue weighted by molar-refractivity contribution is -0.120. The largest absolute Gasteiger partial charge is 0.348 e. The molecule has 1 N–H and O–H groups in total. The van der Waals surface area contributed by atoms with Crippen molar-refractivity contribution in [3.63, 3.8) is 0 Å². The van der Waals surface area contributed by atoms with Gasteiger partial charge in [-0.3, -0.25) is 9.10 Å². The monoisotopic (exact) mass is 452 g/mol.